The standard InChI is InChI=1S/C24H27F3N8O2S/c1-34(14-16-4-2-5-18(12-16)37-24(25,26)27)23(8-9-23)13-20(36)30-22-33-32-21(38-22)29-17-7-11-35(15-17)19-6-3-10-28-31-19/h2-6,10,12,17H,7-9,11,13-15H2,1H3,(H,29,32)(H,30,33,36). The number of halogens is 3. The average Bonchev–Trinajstić information content (AvgIpc) is 3.27. The van der Waals surface area contributed by atoms with Gasteiger partial charge in [-0.15, -0.1) is 28.5 Å². The summed E-state index contributed by atoms with van der Waals surface area (Å²) in [5.41, 5.74) is 0.329. The van der Waals surface area contributed by atoms with E-state index in [1.54, 1.807) is 12.3 Å². The van der Waals surface area contributed by atoms with E-state index in [9.17, 15) is 18.0 Å². The van der Waals surface area contributed by atoms with Crippen LogP contribution in [0.3, 0.4) is 0 Å². The number of nitrogens with zero attached hydrogens (tertiary/aromatic N) is 6. The molecule has 2 N–H and O–H groups in total. The van der Waals surface area contributed by atoms with Crippen LogP contribution in [0.1, 0.15) is 31.2 Å². The lowest BCUT2D eigenvalue weighted by Crippen LogP contribution is -2.36. The van der Waals surface area contributed by atoms with Crippen LogP contribution in [0.4, 0.5) is 29.3 Å². The van der Waals surface area contributed by atoms with Gasteiger partial charge >= 0.3 is 6.36 Å². The minimum absolute atomic E-state index is 0.178. The molecule has 1 unspecified atom stereocenters. The van der Waals surface area contributed by atoms with Gasteiger partial charge in [0.1, 0.15) is 5.75 Å². The molecule has 0 bridgehead atoms. The summed E-state index contributed by atoms with van der Waals surface area (Å²) in [6.07, 6.45) is -0.288. The topological polar surface area (TPSA) is 108 Å². The molecule has 1 atom stereocenters. The Bertz CT molecular complexity index is 1250. The number of carbonyl (C=O) groups excluding carboxylic acids is 1. The first-order chi connectivity index (χ1) is 18.2. The molecule has 0 spiro atoms. The molecule has 2 aromatic heterocycles. The van der Waals surface area contributed by atoms with Crippen LogP contribution in [0.5, 0.6) is 5.75 Å². The van der Waals surface area contributed by atoms with Crippen LogP contribution in [0, 0.1) is 0 Å². The molecule has 14 heteroatoms. The number of alkyl halides is 3. The quantitative estimate of drug-likeness (QED) is 0.390. The Hall–Kier alpha value is -3.52. The second-order valence-electron chi connectivity index (χ2n) is 9.57. The summed E-state index contributed by atoms with van der Waals surface area (Å²) in [5.74, 6) is 0.398. The summed E-state index contributed by atoms with van der Waals surface area (Å²) in [4.78, 5) is 17.0. The maximum absolute atomic E-state index is 12.8. The first-order valence-electron chi connectivity index (χ1n) is 12.2. The van der Waals surface area contributed by atoms with Gasteiger partial charge < -0.3 is 20.3 Å². The van der Waals surface area contributed by atoms with E-state index in [4.69, 9.17) is 0 Å². The van der Waals surface area contributed by atoms with Crippen molar-refractivity contribution < 1.29 is 22.7 Å². The first kappa shape index (κ1) is 26.1. The van der Waals surface area contributed by atoms with Gasteiger partial charge in [-0.25, -0.2) is 0 Å². The van der Waals surface area contributed by atoms with E-state index < -0.39 is 6.36 Å². The van der Waals surface area contributed by atoms with Gasteiger partial charge in [0, 0.05) is 43.8 Å². The van der Waals surface area contributed by atoms with Crippen LogP contribution < -0.4 is 20.3 Å². The van der Waals surface area contributed by atoms with Crippen molar-refractivity contribution in [2.24, 2.45) is 0 Å². The number of hydrogen-bond donors (Lipinski definition) is 2. The molecule has 5 rings (SSSR count). The second kappa shape index (κ2) is 10.7. The Morgan fingerprint density at radius 1 is 1.21 bits per heavy atom. The van der Waals surface area contributed by atoms with Gasteiger partial charge in [0.05, 0.1) is 0 Å². The van der Waals surface area contributed by atoms with E-state index >= 15 is 0 Å². The fraction of sp³-hybridized carbons (Fsp3) is 0.458. The zero-order chi connectivity index (χ0) is 26.8. The van der Waals surface area contributed by atoms with Crippen LogP contribution in [0.25, 0.3) is 0 Å². The van der Waals surface area contributed by atoms with Gasteiger partial charge in [0.25, 0.3) is 0 Å². The Morgan fingerprint density at radius 3 is 2.76 bits per heavy atom. The maximum Gasteiger partial charge on any atom is 0.573 e. The summed E-state index contributed by atoms with van der Waals surface area (Å²) in [5, 5.41) is 23.6. The molecule has 1 saturated carbocycles. The molecule has 202 valence electrons. The van der Waals surface area contributed by atoms with Crippen molar-refractivity contribution in [1.29, 1.82) is 0 Å². The number of benzene rings is 1. The lowest BCUT2D eigenvalue weighted by atomic mass is 10.1. The van der Waals surface area contributed by atoms with E-state index in [2.05, 4.69) is 40.7 Å². The van der Waals surface area contributed by atoms with Crippen molar-refractivity contribution >= 4 is 33.3 Å². The maximum atomic E-state index is 12.8. The second-order valence-corrected chi connectivity index (χ2v) is 10.5. The lowest BCUT2D eigenvalue weighted by molar-refractivity contribution is -0.274. The van der Waals surface area contributed by atoms with Gasteiger partial charge in [-0.05, 0) is 56.1 Å². The Morgan fingerprint density at radius 2 is 2.03 bits per heavy atom. The van der Waals surface area contributed by atoms with Crippen LogP contribution >= 0.6 is 11.3 Å². The summed E-state index contributed by atoms with van der Waals surface area (Å²) in [7, 11) is 1.87. The molecule has 1 aliphatic heterocycles. The third-order valence-corrected chi connectivity index (χ3v) is 7.52. The summed E-state index contributed by atoms with van der Waals surface area (Å²) < 4.78 is 41.6. The normalized spacial score (nSPS) is 18.4. The van der Waals surface area contributed by atoms with Crippen molar-refractivity contribution in [3.8, 4) is 5.75 Å². The molecule has 3 aromatic rings. The molecule has 0 radical (unpaired) electrons. The molecule has 1 saturated heterocycles. The minimum atomic E-state index is -4.74. The predicted octanol–water partition coefficient (Wildman–Crippen LogP) is 3.91. The van der Waals surface area contributed by atoms with E-state index in [1.807, 2.05) is 24.1 Å². The number of carbonyl (C=O) groups is 1. The molecule has 1 aliphatic carbocycles. The summed E-state index contributed by atoms with van der Waals surface area (Å²) >= 11 is 1.28. The fourth-order valence-corrected chi connectivity index (χ4v) is 5.37. The highest BCUT2D eigenvalue weighted by Gasteiger charge is 2.47. The van der Waals surface area contributed by atoms with E-state index in [1.165, 1.54) is 29.5 Å². The van der Waals surface area contributed by atoms with Gasteiger partial charge in [-0.1, -0.05) is 23.5 Å². The number of ether oxygens (including phenoxy) is 1. The highest BCUT2D eigenvalue weighted by Crippen LogP contribution is 2.45. The molecular weight excluding hydrogens is 521 g/mol. The molecule has 38 heavy (non-hydrogen) atoms. The Labute approximate surface area is 221 Å². The van der Waals surface area contributed by atoms with E-state index in [0.717, 1.165) is 38.2 Å². The monoisotopic (exact) mass is 548 g/mol. The number of rotatable bonds is 10. The van der Waals surface area contributed by atoms with E-state index in [0.29, 0.717) is 22.4 Å². The number of amides is 1. The van der Waals surface area contributed by atoms with Gasteiger partial charge in [-0.2, -0.15) is 5.10 Å². The molecule has 2 fully saturated rings. The van der Waals surface area contributed by atoms with Crippen molar-refractivity contribution in [3.05, 3.63) is 48.2 Å². The summed E-state index contributed by atoms with van der Waals surface area (Å²) in [6.45, 7) is 2.01. The summed E-state index contributed by atoms with van der Waals surface area (Å²) in [6, 6.07) is 9.86. The van der Waals surface area contributed by atoms with Crippen LogP contribution in [0.15, 0.2) is 42.6 Å². The molecule has 3 heterocycles. The zero-order valence-electron chi connectivity index (χ0n) is 20.6. The van der Waals surface area contributed by atoms with Crippen molar-refractivity contribution in [2.75, 3.05) is 35.7 Å². The van der Waals surface area contributed by atoms with Crippen LogP contribution in [-0.2, 0) is 11.3 Å². The third-order valence-electron chi connectivity index (χ3n) is 6.75. The van der Waals surface area contributed by atoms with Gasteiger partial charge in [0.2, 0.25) is 16.2 Å². The Kier molecular flexibility index (Phi) is 7.34. The highest BCUT2D eigenvalue weighted by atomic mass is 32.1. The smallest absolute Gasteiger partial charge is 0.406 e. The van der Waals surface area contributed by atoms with Crippen LogP contribution in [-0.4, -0.2) is 69.3 Å². The SMILES string of the molecule is CN(Cc1cccc(OC(F)(F)F)c1)C1(CC(=O)Nc2nnc(NC3CCN(c4cccnn4)C3)s2)CC1. The van der Waals surface area contributed by atoms with Gasteiger partial charge in [0.15, 0.2) is 5.82 Å². The average molecular weight is 549 g/mol. The molecule has 1 aromatic carbocycles. The van der Waals surface area contributed by atoms with Crippen molar-refractivity contribution in [1.82, 2.24) is 25.3 Å². The zero-order valence-corrected chi connectivity index (χ0v) is 21.4. The molecule has 10 nitrogen and oxygen atoms in total. The van der Waals surface area contributed by atoms with Crippen LogP contribution in [0.2, 0.25) is 0 Å². The van der Waals surface area contributed by atoms with Crippen molar-refractivity contribution in [2.45, 2.75) is 50.2 Å². The minimum Gasteiger partial charge on any atom is -0.406 e. The molecule has 2 aliphatic rings. The lowest BCUT2D eigenvalue weighted by Gasteiger charge is -2.27. The first-order valence-corrected chi connectivity index (χ1v) is 13.0. The largest absolute Gasteiger partial charge is 0.573 e. The highest BCUT2D eigenvalue weighted by molar-refractivity contribution is 7.19. The Balaban J connectivity index is 1.11. The third kappa shape index (κ3) is 6.67. The molecule has 1 amide bonds. The number of aromatic nitrogens is 4. The van der Waals surface area contributed by atoms with Gasteiger partial charge in [-0.3, -0.25) is 9.69 Å². The number of hydrogen-bond acceptors (Lipinski definition) is 10. The fourth-order valence-electron chi connectivity index (χ4n) is 4.64. The number of anilines is 3. The molecular formula is C24H27F3N8O2S. The number of nitrogens with one attached hydrogen (secondary N) is 2. The van der Waals surface area contributed by atoms with Crippen molar-refractivity contribution in [3.63, 3.8) is 0 Å². The van der Waals surface area contributed by atoms with E-state index in [-0.39, 0.29) is 29.7 Å². The predicted molar refractivity (Wildman–Crippen MR) is 136 cm³/mol.